The molecule has 2 aliphatic rings. The molecule has 8 heteroatoms. The number of likely N-dealkylation sites (tertiary alicyclic amines) is 1. The third kappa shape index (κ3) is 3.37. The average molecular weight is 469 g/mol. The molecule has 30 heavy (non-hydrogen) atoms. The zero-order valence-corrected chi connectivity index (χ0v) is 18.4. The highest BCUT2D eigenvalue weighted by Gasteiger charge is 2.47. The number of halogens is 1. The Morgan fingerprint density at radius 1 is 1.23 bits per heavy atom. The van der Waals surface area contributed by atoms with Crippen molar-refractivity contribution in [1.29, 1.82) is 0 Å². The number of anilines is 1. The van der Waals surface area contributed by atoms with Gasteiger partial charge in [-0.3, -0.25) is 4.79 Å². The number of piperidine rings is 1. The molecule has 1 aromatic carbocycles. The maximum atomic E-state index is 13.0. The van der Waals surface area contributed by atoms with Crippen LogP contribution in [0, 0.1) is 5.92 Å². The van der Waals surface area contributed by atoms with Crippen molar-refractivity contribution < 1.29 is 4.79 Å². The molecular weight excluding hydrogens is 444 g/mol. The second-order valence-corrected chi connectivity index (χ2v) is 9.25. The smallest absolute Gasteiger partial charge is 0.251 e. The first-order chi connectivity index (χ1) is 14.5. The van der Waals surface area contributed by atoms with Crippen LogP contribution in [0.3, 0.4) is 0 Å². The van der Waals surface area contributed by atoms with Crippen LogP contribution in [-0.4, -0.2) is 51.1 Å². The lowest BCUT2D eigenvalue weighted by atomic mass is 9.80. The lowest BCUT2D eigenvalue weighted by molar-refractivity contribution is 0.0811. The van der Waals surface area contributed by atoms with Gasteiger partial charge in [0.2, 0.25) is 0 Å². The third-order valence-corrected chi connectivity index (χ3v) is 7.07. The van der Waals surface area contributed by atoms with E-state index in [-0.39, 0.29) is 17.9 Å². The van der Waals surface area contributed by atoms with Crippen LogP contribution >= 0.6 is 15.9 Å². The predicted octanol–water partition coefficient (Wildman–Crippen LogP) is 3.07. The topological polar surface area (TPSA) is 88.5 Å². The molecule has 3 unspecified atom stereocenters. The number of hydrogen-bond acceptors (Lipinski definition) is 5. The lowest BCUT2D eigenvalue weighted by Crippen LogP contribution is -2.55. The van der Waals surface area contributed by atoms with Crippen LogP contribution in [0.2, 0.25) is 0 Å². The van der Waals surface area contributed by atoms with Crippen molar-refractivity contribution >= 4 is 33.2 Å². The van der Waals surface area contributed by atoms with Crippen LogP contribution in [0.25, 0.3) is 5.52 Å². The van der Waals surface area contributed by atoms with E-state index in [4.69, 9.17) is 5.73 Å². The molecule has 156 valence electrons. The summed E-state index contributed by atoms with van der Waals surface area (Å²) in [5, 5.41) is 7.85. The molecule has 1 saturated heterocycles. The van der Waals surface area contributed by atoms with Crippen molar-refractivity contribution in [2.75, 3.05) is 19.3 Å². The standard InChI is InChI=1S/C22H25BrN6O/c1-28-10-9-16(27-22(30)14-5-3-2-4-6-14)18(19(28)13-7-8-13)17-11-15(23)20-21(24)25-12-26-29(17)20/h2-6,11-13,16,18-19H,7-10H2,1H3,(H,27,30)(H2,24,25,26). The number of carbonyl (C=O) groups is 1. The summed E-state index contributed by atoms with van der Waals surface area (Å²) < 4.78 is 2.78. The van der Waals surface area contributed by atoms with Gasteiger partial charge in [0.1, 0.15) is 11.8 Å². The van der Waals surface area contributed by atoms with Crippen molar-refractivity contribution in [3.8, 4) is 0 Å². The summed E-state index contributed by atoms with van der Waals surface area (Å²) in [6.07, 6.45) is 4.84. The van der Waals surface area contributed by atoms with E-state index in [9.17, 15) is 4.79 Å². The van der Waals surface area contributed by atoms with Crippen LogP contribution in [0.5, 0.6) is 0 Å². The molecule has 3 N–H and O–H groups in total. The van der Waals surface area contributed by atoms with E-state index in [0.29, 0.717) is 23.3 Å². The minimum Gasteiger partial charge on any atom is -0.382 e. The highest BCUT2D eigenvalue weighted by Crippen LogP contribution is 2.46. The summed E-state index contributed by atoms with van der Waals surface area (Å²) in [7, 11) is 2.19. The Kier molecular flexibility index (Phi) is 4.99. The maximum Gasteiger partial charge on any atom is 0.251 e. The number of fused-ring (bicyclic) bond motifs is 1. The average Bonchev–Trinajstić information content (AvgIpc) is 3.53. The van der Waals surface area contributed by atoms with Gasteiger partial charge in [0.25, 0.3) is 5.91 Å². The molecule has 2 fully saturated rings. The van der Waals surface area contributed by atoms with Gasteiger partial charge in [-0.25, -0.2) is 9.50 Å². The van der Waals surface area contributed by atoms with Gasteiger partial charge in [-0.1, -0.05) is 18.2 Å². The minimum atomic E-state index is -0.0289. The van der Waals surface area contributed by atoms with E-state index >= 15 is 0 Å². The number of nitrogens with two attached hydrogens (primary N) is 1. The first-order valence-corrected chi connectivity index (χ1v) is 11.2. The Bertz CT molecular complexity index is 1080. The third-order valence-electron chi connectivity index (χ3n) is 6.47. The van der Waals surface area contributed by atoms with Gasteiger partial charge in [0.15, 0.2) is 5.82 Å². The SMILES string of the molecule is CN1CCC(NC(=O)c2ccccc2)C(c2cc(Br)c3c(N)ncnn23)C1C1CC1. The summed E-state index contributed by atoms with van der Waals surface area (Å²) in [6.45, 7) is 0.957. The fourth-order valence-corrected chi connectivity index (χ4v) is 5.55. The second-order valence-electron chi connectivity index (χ2n) is 8.39. The van der Waals surface area contributed by atoms with Gasteiger partial charge in [-0.05, 0) is 66.4 Å². The number of amides is 1. The Morgan fingerprint density at radius 2 is 2.00 bits per heavy atom. The molecule has 1 aliphatic heterocycles. The highest BCUT2D eigenvalue weighted by molar-refractivity contribution is 9.10. The Balaban J connectivity index is 1.57. The monoisotopic (exact) mass is 468 g/mol. The van der Waals surface area contributed by atoms with Crippen molar-refractivity contribution in [3.05, 3.63) is 58.5 Å². The molecule has 0 radical (unpaired) electrons. The number of benzene rings is 1. The van der Waals surface area contributed by atoms with Crippen LogP contribution in [0.1, 0.15) is 41.2 Å². The van der Waals surface area contributed by atoms with E-state index in [1.54, 1.807) is 0 Å². The van der Waals surface area contributed by atoms with Crippen molar-refractivity contribution in [1.82, 2.24) is 24.8 Å². The largest absolute Gasteiger partial charge is 0.382 e. The molecule has 7 nitrogen and oxygen atoms in total. The Labute approximate surface area is 183 Å². The fraction of sp³-hybridized carbons (Fsp3) is 0.409. The molecule has 2 aromatic heterocycles. The molecule has 5 rings (SSSR count). The van der Waals surface area contributed by atoms with Crippen molar-refractivity contribution in [2.45, 2.75) is 37.3 Å². The number of carbonyl (C=O) groups excluding carboxylic acids is 1. The van der Waals surface area contributed by atoms with E-state index in [1.165, 1.54) is 19.2 Å². The van der Waals surface area contributed by atoms with Gasteiger partial charge < -0.3 is 16.0 Å². The summed E-state index contributed by atoms with van der Waals surface area (Å²) in [6, 6.07) is 11.9. The summed E-state index contributed by atoms with van der Waals surface area (Å²) >= 11 is 3.65. The Morgan fingerprint density at radius 3 is 2.73 bits per heavy atom. The predicted molar refractivity (Wildman–Crippen MR) is 119 cm³/mol. The summed E-state index contributed by atoms with van der Waals surface area (Å²) in [4.78, 5) is 19.6. The summed E-state index contributed by atoms with van der Waals surface area (Å²) in [5.74, 6) is 1.16. The van der Waals surface area contributed by atoms with Gasteiger partial charge in [-0.2, -0.15) is 5.10 Å². The quantitative estimate of drug-likeness (QED) is 0.613. The molecular formula is C22H25BrN6O. The maximum absolute atomic E-state index is 13.0. The van der Waals surface area contributed by atoms with E-state index in [1.807, 2.05) is 34.8 Å². The van der Waals surface area contributed by atoms with E-state index < -0.39 is 0 Å². The summed E-state index contributed by atoms with van der Waals surface area (Å²) in [5.41, 5.74) is 8.67. The van der Waals surface area contributed by atoms with Gasteiger partial charge in [-0.15, -0.1) is 0 Å². The minimum absolute atomic E-state index is 0.0145. The number of likely N-dealkylation sites (N-methyl/N-ethyl adjacent to an activating group) is 1. The number of nitrogens with one attached hydrogen (secondary N) is 1. The molecule has 3 atom stereocenters. The number of hydrogen-bond donors (Lipinski definition) is 2. The van der Waals surface area contributed by atoms with Crippen LogP contribution in [0.4, 0.5) is 5.82 Å². The molecule has 0 bridgehead atoms. The van der Waals surface area contributed by atoms with Crippen LogP contribution in [0.15, 0.2) is 47.2 Å². The number of aromatic nitrogens is 3. The number of nitrogens with zero attached hydrogens (tertiary/aromatic N) is 4. The van der Waals surface area contributed by atoms with Crippen molar-refractivity contribution in [3.63, 3.8) is 0 Å². The van der Waals surface area contributed by atoms with Crippen LogP contribution in [-0.2, 0) is 0 Å². The van der Waals surface area contributed by atoms with Gasteiger partial charge in [0.05, 0.1) is 5.69 Å². The molecule has 0 spiro atoms. The highest BCUT2D eigenvalue weighted by atomic mass is 79.9. The van der Waals surface area contributed by atoms with E-state index in [2.05, 4.69) is 49.3 Å². The molecule has 1 aliphatic carbocycles. The van der Waals surface area contributed by atoms with Gasteiger partial charge >= 0.3 is 0 Å². The normalized spacial score (nSPS) is 24.8. The van der Waals surface area contributed by atoms with Gasteiger partial charge in [0, 0.05) is 34.6 Å². The van der Waals surface area contributed by atoms with Crippen molar-refractivity contribution in [2.24, 2.45) is 5.92 Å². The lowest BCUT2D eigenvalue weighted by Gasteiger charge is -2.44. The molecule has 1 saturated carbocycles. The van der Waals surface area contributed by atoms with Crippen LogP contribution < -0.4 is 11.1 Å². The zero-order valence-electron chi connectivity index (χ0n) is 16.8. The van der Waals surface area contributed by atoms with E-state index in [0.717, 1.165) is 28.6 Å². The molecule has 1 amide bonds. The number of nitrogen functional groups attached to an aromatic ring is 1. The molecule has 3 aromatic rings. The first-order valence-electron chi connectivity index (χ1n) is 10.4. The second kappa shape index (κ2) is 7.67. The Hall–Kier alpha value is -2.45. The zero-order chi connectivity index (χ0) is 20.8. The number of rotatable bonds is 4. The molecule has 3 heterocycles. The fourth-order valence-electron chi connectivity index (χ4n) is 4.94. The first kappa shape index (κ1) is 19.5.